The molecule has 1 heterocycles. The van der Waals surface area contributed by atoms with Crippen molar-refractivity contribution in [3.63, 3.8) is 0 Å². The quantitative estimate of drug-likeness (QED) is 0.401. The molecule has 0 unspecified atom stereocenters. The van der Waals surface area contributed by atoms with Gasteiger partial charge in [0.1, 0.15) is 6.21 Å². The maximum Gasteiger partial charge on any atom is 0.154 e. The molecule has 0 fully saturated rings. The summed E-state index contributed by atoms with van der Waals surface area (Å²) in [5, 5.41) is 11.2. The molecule has 0 aromatic carbocycles. The summed E-state index contributed by atoms with van der Waals surface area (Å²) in [6.45, 7) is 2.99. The van der Waals surface area contributed by atoms with Crippen molar-refractivity contribution >= 4 is 6.21 Å². The SMILES string of the molecule is CCCn1ccnc1/C=N/O. The molecule has 0 aliphatic carbocycles. The highest BCUT2D eigenvalue weighted by Gasteiger charge is 1.96. The van der Waals surface area contributed by atoms with Crippen LogP contribution in [-0.4, -0.2) is 21.0 Å². The van der Waals surface area contributed by atoms with Gasteiger partial charge in [0.05, 0.1) is 0 Å². The number of aryl methyl sites for hydroxylation is 1. The number of hydrogen-bond acceptors (Lipinski definition) is 3. The summed E-state index contributed by atoms with van der Waals surface area (Å²) in [6.07, 6.45) is 5.92. The number of rotatable bonds is 3. The highest BCUT2D eigenvalue weighted by Crippen LogP contribution is 1.95. The van der Waals surface area contributed by atoms with Gasteiger partial charge in [0.2, 0.25) is 0 Å². The van der Waals surface area contributed by atoms with Crippen LogP contribution in [0.5, 0.6) is 0 Å². The van der Waals surface area contributed by atoms with Crippen LogP contribution in [0.2, 0.25) is 0 Å². The van der Waals surface area contributed by atoms with Gasteiger partial charge in [0, 0.05) is 18.9 Å². The molecule has 0 radical (unpaired) electrons. The number of nitrogens with zero attached hydrogens (tertiary/aromatic N) is 3. The first-order valence-corrected chi connectivity index (χ1v) is 3.57. The molecule has 0 saturated heterocycles. The predicted octanol–water partition coefficient (Wildman–Crippen LogP) is 1.10. The van der Waals surface area contributed by atoms with E-state index in [0.29, 0.717) is 5.82 Å². The van der Waals surface area contributed by atoms with Gasteiger partial charge in [-0.05, 0) is 6.42 Å². The van der Waals surface area contributed by atoms with Crippen LogP contribution in [0, 0.1) is 0 Å². The van der Waals surface area contributed by atoms with Crippen molar-refractivity contribution in [3.8, 4) is 0 Å². The zero-order valence-electron chi connectivity index (χ0n) is 6.44. The Balaban J connectivity index is 2.78. The van der Waals surface area contributed by atoms with Gasteiger partial charge in [-0.1, -0.05) is 12.1 Å². The highest BCUT2D eigenvalue weighted by atomic mass is 16.4. The zero-order valence-corrected chi connectivity index (χ0v) is 6.44. The number of hydrogen-bond donors (Lipinski definition) is 1. The Bertz CT molecular complexity index is 242. The third kappa shape index (κ3) is 1.80. The van der Waals surface area contributed by atoms with Crippen LogP contribution in [0.25, 0.3) is 0 Å². The van der Waals surface area contributed by atoms with Crippen LogP contribution in [0.3, 0.4) is 0 Å². The molecule has 0 aliphatic heterocycles. The van der Waals surface area contributed by atoms with E-state index in [-0.39, 0.29) is 0 Å². The average Bonchev–Trinajstić information content (AvgIpc) is 2.39. The smallest absolute Gasteiger partial charge is 0.154 e. The van der Waals surface area contributed by atoms with Crippen LogP contribution in [0.15, 0.2) is 17.5 Å². The monoisotopic (exact) mass is 153 g/mol. The van der Waals surface area contributed by atoms with Gasteiger partial charge in [-0.25, -0.2) is 4.98 Å². The van der Waals surface area contributed by atoms with Crippen molar-refractivity contribution in [1.29, 1.82) is 0 Å². The van der Waals surface area contributed by atoms with Crippen molar-refractivity contribution in [1.82, 2.24) is 9.55 Å². The first kappa shape index (κ1) is 7.78. The Labute approximate surface area is 65.2 Å². The summed E-state index contributed by atoms with van der Waals surface area (Å²) in [6, 6.07) is 0. The fourth-order valence-corrected chi connectivity index (χ4v) is 0.930. The average molecular weight is 153 g/mol. The largest absolute Gasteiger partial charge is 0.411 e. The summed E-state index contributed by atoms with van der Waals surface area (Å²) >= 11 is 0. The Morgan fingerprint density at radius 2 is 2.64 bits per heavy atom. The van der Waals surface area contributed by atoms with E-state index in [0.717, 1.165) is 13.0 Å². The maximum absolute atomic E-state index is 8.25. The van der Waals surface area contributed by atoms with Crippen LogP contribution in [0.4, 0.5) is 0 Å². The Kier molecular flexibility index (Phi) is 2.66. The van der Waals surface area contributed by atoms with Crippen LogP contribution < -0.4 is 0 Å². The topological polar surface area (TPSA) is 50.4 Å². The van der Waals surface area contributed by atoms with Gasteiger partial charge in [-0.2, -0.15) is 0 Å². The van der Waals surface area contributed by atoms with E-state index in [9.17, 15) is 0 Å². The fraction of sp³-hybridized carbons (Fsp3) is 0.429. The fourth-order valence-electron chi connectivity index (χ4n) is 0.930. The predicted molar refractivity (Wildman–Crippen MR) is 41.9 cm³/mol. The van der Waals surface area contributed by atoms with E-state index in [4.69, 9.17) is 5.21 Å². The minimum absolute atomic E-state index is 0.689. The molecule has 0 atom stereocenters. The van der Waals surface area contributed by atoms with Crippen LogP contribution in [0.1, 0.15) is 19.2 Å². The molecule has 0 amide bonds. The molecule has 4 heteroatoms. The number of aromatic nitrogens is 2. The summed E-state index contributed by atoms with van der Waals surface area (Å²) < 4.78 is 1.93. The minimum atomic E-state index is 0.689. The first-order valence-electron chi connectivity index (χ1n) is 3.57. The summed E-state index contributed by atoms with van der Waals surface area (Å²) in [5.41, 5.74) is 0. The van der Waals surface area contributed by atoms with Crippen LogP contribution in [-0.2, 0) is 6.54 Å². The molecule has 4 nitrogen and oxygen atoms in total. The summed E-state index contributed by atoms with van der Waals surface area (Å²) in [4.78, 5) is 3.98. The third-order valence-electron chi connectivity index (χ3n) is 1.39. The van der Waals surface area contributed by atoms with Gasteiger partial charge < -0.3 is 9.77 Å². The first-order chi connectivity index (χ1) is 5.38. The second-order valence-corrected chi connectivity index (χ2v) is 2.22. The van der Waals surface area contributed by atoms with Crippen molar-refractivity contribution in [2.24, 2.45) is 5.16 Å². The second-order valence-electron chi connectivity index (χ2n) is 2.22. The Morgan fingerprint density at radius 1 is 1.82 bits per heavy atom. The number of imidazole rings is 1. The molecular weight excluding hydrogens is 142 g/mol. The van der Waals surface area contributed by atoms with Gasteiger partial charge in [-0.15, -0.1) is 0 Å². The van der Waals surface area contributed by atoms with Gasteiger partial charge >= 0.3 is 0 Å². The lowest BCUT2D eigenvalue weighted by atomic mass is 10.4. The molecule has 1 rings (SSSR count). The van der Waals surface area contributed by atoms with Gasteiger partial charge in [-0.3, -0.25) is 0 Å². The molecule has 1 N–H and O–H groups in total. The molecule has 1 aromatic rings. The van der Waals surface area contributed by atoms with Crippen LogP contribution >= 0.6 is 0 Å². The normalized spacial score (nSPS) is 11.0. The molecule has 0 aliphatic rings. The molecule has 0 saturated carbocycles. The molecule has 11 heavy (non-hydrogen) atoms. The Hall–Kier alpha value is -1.32. The van der Waals surface area contributed by atoms with Crippen molar-refractivity contribution < 1.29 is 5.21 Å². The molecule has 0 bridgehead atoms. The van der Waals surface area contributed by atoms with E-state index in [1.165, 1.54) is 6.21 Å². The lowest BCUT2D eigenvalue weighted by Gasteiger charge is -1.99. The van der Waals surface area contributed by atoms with E-state index >= 15 is 0 Å². The third-order valence-corrected chi connectivity index (χ3v) is 1.39. The lowest BCUT2D eigenvalue weighted by Crippen LogP contribution is -2.01. The molecule has 1 aromatic heterocycles. The van der Waals surface area contributed by atoms with Gasteiger partial charge in [0.15, 0.2) is 5.82 Å². The lowest BCUT2D eigenvalue weighted by molar-refractivity contribution is 0.321. The second kappa shape index (κ2) is 3.75. The zero-order chi connectivity index (χ0) is 8.10. The molecule has 60 valence electrons. The van der Waals surface area contributed by atoms with Gasteiger partial charge in [0.25, 0.3) is 0 Å². The van der Waals surface area contributed by atoms with Crippen molar-refractivity contribution in [3.05, 3.63) is 18.2 Å². The van der Waals surface area contributed by atoms with E-state index < -0.39 is 0 Å². The van der Waals surface area contributed by atoms with E-state index in [2.05, 4.69) is 17.1 Å². The number of oxime groups is 1. The van der Waals surface area contributed by atoms with E-state index in [1.54, 1.807) is 6.20 Å². The minimum Gasteiger partial charge on any atom is -0.411 e. The summed E-state index contributed by atoms with van der Waals surface area (Å²) in [5.74, 6) is 0.689. The molecule has 0 spiro atoms. The van der Waals surface area contributed by atoms with Crippen molar-refractivity contribution in [2.75, 3.05) is 0 Å². The molecular formula is C7H11N3O. The maximum atomic E-state index is 8.25. The van der Waals surface area contributed by atoms with E-state index in [1.807, 2.05) is 10.8 Å². The standard InChI is InChI=1S/C7H11N3O/c1-2-4-10-5-3-8-7(10)6-9-11/h3,5-6,11H,2,4H2,1H3/b9-6+. The summed E-state index contributed by atoms with van der Waals surface area (Å²) in [7, 11) is 0. The highest BCUT2D eigenvalue weighted by molar-refractivity contribution is 5.74. The van der Waals surface area contributed by atoms with Crippen molar-refractivity contribution in [2.45, 2.75) is 19.9 Å². The Morgan fingerprint density at radius 3 is 3.27 bits per heavy atom.